The first kappa shape index (κ1) is 27.9. The normalized spacial score (nSPS) is 12.6. The lowest BCUT2D eigenvalue weighted by Gasteiger charge is -2.41. The minimum atomic E-state index is -1.06. The lowest BCUT2D eigenvalue weighted by Crippen LogP contribution is -2.56. The Morgan fingerprint density at radius 1 is 1.19 bits per heavy atom. The highest BCUT2D eigenvalue weighted by atomic mass is 19.1. The molecular weight excluding hydrogens is 482 g/mol. The highest BCUT2D eigenvalue weighted by molar-refractivity contribution is 5.95. The van der Waals surface area contributed by atoms with E-state index < -0.39 is 35.2 Å². The van der Waals surface area contributed by atoms with Crippen molar-refractivity contribution in [3.05, 3.63) is 64.6 Å². The summed E-state index contributed by atoms with van der Waals surface area (Å²) in [4.78, 5) is 31.2. The fourth-order valence-corrected chi connectivity index (χ4v) is 4.39. The number of pyridine rings is 1. The number of imidazole rings is 1. The lowest BCUT2D eigenvalue weighted by molar-refractivity contribution is 0.0521. The largest absolute Gasteiger partial charge is 0.485 e. The number of nitrogens with one attached hydrogen (secondary N) is 1. The third-order valence-corrected chi connectivity index (χ3v) is 6.15. The van der Waals surface area contributed by atoms with Crippen LogP contribution in [0.25, 0.3) is 5.65 Å². The van der Waals surface area contributed by atoms with Crippen LogP contribution in [0.5, 0.6) is 5.75 Å². The quantitative estimate of drug-likeness (QED) is 0.421. The summed E-state index contributed by atoms with van der Waals surface area (Å²) in [6.45, 7) is 12.5. The second-order valence-electron chi connectivity index (χ2n) is 10.5. The van der Waals surface area contributed by atoms with E-state index in [0.29, 0.717) is 11.3 Å². The van der Waals surface area contributed by atoms with E-state index in [4.69, 9.17) is 4.74 Å². The van der Waals surface area contributed by atoms with Crippen molar-refractivity contribution in [3.63, 3.8) is 0 Å². The van der Waals surface area contributed by atoms with Crippen molar-refractivity contribution in [2.75, 3.05) is 6.54 Å². The van der Waals surface area contributed by atoms with E-state index in [1.807, 2.05) is 34.6 Å². The van der Waals surface area contributed by atoms with Crippen LogP contribution in [0.3, 0.4) is 0 Å². The summed E-state index contributed by atoms with van der Waals surface area (Å²) in [5.74, 6) is -1.64. The highest BCUT2D eigenvalue weighted by Gasteiger charge is 2.35. The molecule has 1 unspecified atom stereocenters. The molecule has 200 valence electrons. The van der Waals surface area contributed by atoms with E-state index in [1.54, 1.807) is 30.5 Å². The molecule has 1 aromatic carbocycles. The van der Waals surface area contributed by atoms with Gasteiger partial charge in [-0.15, -0.1) is 0 Å². The number of amides is 2. The van der Waals surface area contributed by atoms with Gasteiger partial charge in [0.2, 0.25) is 0 Å². The number of ether oxygens (including phenoxy) is 1. The van der Waals surface area contributed by atoms with Crippen LogP contribution in [0.15, 0.2) is 30.5 Å². The molecule has 8 nitrogen and oxygen atoms in total. The van der Waals surface area contributed by atoms with Gasteiger partial charge in [0.1, 0.15) is 23.9 Å². The van der Waals surface area contributed by atoms with Gasteiger partial charge in [0.05, 0.1) is 17.3 Å². The minimum absolute atomic E-state index is 0.0556. The number of hydrogen-bond acceptors (Lipinski definition) is 4. The molecule has 0 fully saturated rings. The van der Waals surface area contributed by atoms with Crippen molar-refractivity contribution in [2.24, 2.45) is 5.92 Å². The summed E-state index contributed by atoms with van der Waals surface area (Å²) < 4.78 is 35.5. The van der Waals surface area contributed by atoms with E-state index in [2.05, 4.69) is 10.3 Å². The zero-order valence-electron chi connectivity index (χ0n) is 22.2. The molecule has 2 aromatic heterocycles. The van der Waals surface area contributed by atoms with Crippen LogP contribution in [0.1, 0.15) is 61.9 Å². The molecule has 2 heterocycles. The lowest BCUT2D eigenvalue weighted by atomic mass is 9.96. The molecule has 0 radical (unpaired) electrons. The molecule has 37 heavy (non-hydrogen) atoms. The maximum atomic E-state index is 14.1. The summed E-state index contributed by atoms with van der Waals surface area (Å²) >= 11 is 0. The number of fused-ring (bicyclic) bond motifs is 1. The maximum absolute atomic E-state index is 14.1. The van der Waals surface area contributed by atoms with E-state index in [-0.39, 0.29) is 36.1 Å². The van der Waals surface area contributed by atoms with Gasteiger partial charge < -0.3 is 15.2 Å². The first-order valence-corrected chi connectivity index (χ1v) is 12.1. The molecule has 0 bridgehead atoms. The molecule has 3 rings (SSSR count). The number of carbonyl (C=O) groups is 2. The number of aryl methyl sites for hydroxylation is 2. The second-order valence-corrected chi connectivity index (χ2v) is 10.5. The summed E-state index contributed by atoms with van der Waals surface area (Å²) in [6.07, 6.45) is 0.662. The number of carboxylic acid groups (broad SMARTS) is 1. The Hall–Kier alpha value is -3.69. The molecule has 2 amide bonds. The maximum Gasteiger partial charge on any atom is 0.408 e. The Morgan fingerprint density at radius 2 is 1.81 bits per heavy atom. The van der Waals surface area contributed by atoms with Crippen LogP contribution in [-0.2, 0) is 6.61 Å². The van der Waals surface area contributed by atoms with Crippen LogP contribution < -0.4 is 10.1 Å². The van der Waals surface area contributed by atoms with Gasteiger partial charge in [-0.25, -0.2) is 18.6 Å². The summed E-state index contributed by atoms with van der Waals surface area (Å²) in [5.41, 5.74) is 0.897. The highest BCUT2D eigenvalue weighted by Crippen LogP contribution is 2.26. The third-order valence-electron chi connectivity index (χ3n) is 6.15. The summed E-state index contributed by atoms with van der Waals surface area (Å²) in [5, 5.41) is 12.7. The number of aromatic nitrogens is 2. The van der Waals surface area contributed by atoms with Gasteiger partial charge in [0, 0.05) is 18.3 Å². The second kappa shape index (κ2) is 10.7. The molecule has 0 spiro atoms. The average Bonchev–Trinajstić information content (AvgIpc) is 3.10. The number of halogens is 2. The first-order valence-electron chi connectivity index (χ1n) is 12.1. The molecule has 1 atom stereocenters. The smallest absolute Gasteiger partial charge is 0.408 e. The van der Waals surface area contributed by atoms with Gasteiger partial charge in [0.15, 0.2) is 11.4 Å². The molecule has 0 aliphatic heterocycles. The van der Waals surface area contributed by atoms with Crippen molar-refractivity contribution in [3.8, 4) is 5.75 Å². The zero-order chi connectivity index (χ0) is 27.7. The number of hydrogen-bond donors (Lipinski definition) is 2. The van der Waals surface area contributed by atoms with Crippen LogP contribution >= 0.6 is 0 Å². The van der Waals surface area contributed by atoms with Crippen molar-refractivity contribution < 1.29 is 28.2 Å². The van der Waals surface area contributed by atoms with Crippen LogP contribution in [0, 0.1) is 31.4 Å². The monoisotopic (exact) mass is 516 g/mol. The van der Waals surface area contributed by atoms with E-state index in [1.165, 1.54) is 11.0 Å². The molecule has 0 saturated carbocycles. The Morgan fingerprint density at radius 3 is 2.35 bits per heavy atom. The van der Waals surface area contributed by atoms with E-state index in [0.717, 1.165) is 17.7 Å². The standard InChI is InChI=1S/C27H34F2N4O4/c1-15(2)21(33(26(35)36)27(5,6)7)12-30-25(34)23-17(4)31-24-22(11-16(3)13-32(23)24)37-14-18-19(28)9-8-10-20(18)29/h8-11,13,15,21H,12,14H2,1-7H3,(H,30,34)(H,35,36). The predicted octanol–water partition coefficient (Wildman–Crippen LogP) is 5.34. The Labute approximate surface area is 215 Å². The number of nitrogens with zero attached hydrogens (tertiary/aromatic N) is 3. The van der Waals surface area contributed by atoms with Gasteiger partial charge in [0.25, 0.3) is 5.91 Å². The topological polar surface area (TPSA) is 96.2 Å². The van der Waals surface area contributed by atoms with E-state index in [9.17, 15) is 23.5 Å². The minimum Gasteiger partial charge on any atom is -0.485 e. The molecule has 10 heteroatoms. The van der Waals surface area contributed by atoms with Crippen LogP contribution in [0.4, 0.5) is 13.6 Å². The fourth-order valence-electron chi connectivity index (χ4n) is 4.39. The van der Waals surface area contributed by atoms with Gasteiger partial charge in [-0.2, -0.15) is 0 Å². The number of rotatable bonds is 8. The molecule has 3 aromatic rings. The van der Waals surface area contributed by atoms with Crippen LogP contribution in [0.2, 0.25) is 0 Å². The Kier molecular flexibility index (Phi) is 8.09. The number of benzene rings is 1. The number of carbonyl (C=O) groups excluding carboxylic acids is 1. The fraction of sp³-hybridized carbons (Fsp3) is 0.444. The molecule has 0 aliphatic rings. The van der Waals surface area contributed by atoms with Gasteiger partial charge >= 0.3 is 6.09 Å². The molecule has 0 saturated heterocycles. The Bertz CT molecular complexity index is 1290. The van der Waals surface area contributed by atoms with E-state index >= 15 is 0 Å². The predicted molar refractivity (Wildman–Crippen MR) is 136 cm³/mol. The molecule has 0 aliphatic carbocycles. The SMILES string of the molecule is Cc1cc(OCc2c(F)cccc2F)c2nc(C)c(C(=O)NCC(C(C)C)N(C(=O)O)C(C)(C)C)n2c1. The van der Waals surface area contributed by atoms with Gasteiger partial charge in [-0.05, 0) is 64.3 Å². The van der Waals surface area contributed by atoms with Gasteiger partial charge in [-0.3, -0.25) is 14.1 Å². The average molecular weight is 517 g/mol. The van der Waals surface area contributed by atoms with Crippen molar-refractivity contribution in [2.45, 2.75) is 66.7 Å². The summed E-state index contributed by atoms with van der Waals surface area (Å²) in [7, 11) is 0. The Balaban J connectivity index is 1.90. The van der Waals surface area contributed by atoms with Crippen molar-refractivity contribution in [1.29, 1.82) is 0 Å². The molecule has 2 N–H and O–H groups in total. The summed E-state index contributed by atoms with van der Waals surface area (Å²) in [6, 6.07) is 4.82. The zero-order valence-corrected chi connectivity index (χ0v) is 22.2. The third kappa shape index (κ3) is 6.00. The van der Waals surface area contributed by atoms with Crippen molar-refractivity contribution in [1.82, 2.24) is 19.6 Å². The first-order chi connectivity index (χ1) is 17.2. The van der Waals surface area contributed by atoms with Gasteiger partial charge in [-0.1, -0.05) is 19.9 Å². The molecular formula is C27H34F2N4O4. The van der Waals surface area contributed by atoms with Crippen molar-refractivity contribution >= 4 is 17.6 Å². The van der Waals surface area contributed by atoms with Crippen LogP contribution in [-0.4, -0.2) is 49.5 Å².